The van der Waals surface area contributed by atoms with Gasteiger partial charge in [0, 0.05) is 26.2 Å². The Bertz CT molecular complexity index is 1300. The van der Waals surface area contributed by atoms with Crippen molar-refractivity contribution in [1.29, 1.82) is 0 Å². The van der Waals surface area contributed by atoms with E-state index < -0.39 is 82.5 Å². The lowest BCUT2D eigenvalue weighted by molar-refractivity contribution is -0.240. The fourth-order valence-electron chi connectivity index (χ4n) is 8.23. The van der Waals surface area contributed by atoms with Gasteiger partial charge in [0.25, 0.3) is 0 Å². The molecular formula is C31H40O11. The average molecular weight is 589 g/mol. The SMILES string of the molecule is CC(=O)OC1CC(O)[C@@]2(CO2)[C@H]2C(OC(C)=O)[C@@]3(C(C)(C)O)CC(O)C(C)=C3C(O)C(OC(=O)c3ccccc3)[C@]12C. The topological polar surface area (TPSA) is 172 Å². The van der Waals surface area contributed by atoms with Crippen LogP contribution >= 0.6 is 0 Å². The first-order valence-corrected chi connectivity index (χ1v) is 14.2. The van der Waals surface area contributed by atoms with E-state index in [2.05, 4.69) is 0 Å². The molecule has 3 aliphatic carbocycles. The van der Waals surface area contributed by atoms with Crippen LogP contribution in [0, 0.1) is 16.7 Å². The molecule has 4 aliphatic rings. The summed E-state index contributed by atoms with van der Waals surface area (Å²) in [5.74, 6) is -3.22. The van der Waals surface area contributed by atoms with Gasteiger partial charge in [-0.2, -0.15) is 0 Å². The normalized spacial score (nSPS) is 41.0. The molecule has 0 bridgehead atoms. The second-order valence-electron chi connectivity index (χ2n) is 13.0. The van der Waals surface area contributed by atoms with E-state index in [0.29, 0.717) is 5.57 Å². The van der Waals surface area contributed by atoms with E-state index in [1.54, 1.807) is 44.2 Å². The van der Waals surface area contributed by atoms with E-state index in [1.807, 2.05) is 0 Å². The highest BCUT2D eigenvalue weighted by molar-refractivity contribution is 5.89. The molecule has 1 heterocycles. The maximum absolute atomic E-state index is 13.6. The van der Waals surface area contributed by atoms with Gasteiger partial charge in [-0.1, -0.05) is 25.1 Å². The quantitative estimate of drug-likeness (QED) is 0.170. The molecule has 1 saturated heterocycles. The maximum Gasteiger partial charge on any atom is 0.338 e. The minimum absolute atomic E-state index is 0.0386. The first-order chi connectivity index (χ1) is 19.5. The third-order valence-electron chi connectivity index (χ3n) is 10.2. The number of carbonyl (C=O) groups excluding carboxylic acids is 3. The van der Waals surface area contributed by atoms with Gasteiger partial charge in [0.2, 0.25) is 0 Å². The number of benzene rings is 1. The van der Waals surface area contributed by atoms with Gasteiger partial charge in [-0.05, 0) is 50.5 Å². The Morgan fingerprint density at radius 3 is 2.10 bits per heavy atom. The molecule has 6 unspecified atom stereocenters. The molecule has 1 spiro atoms. The van der Waals surface area contributed by atoms with Gasteiger partial charge in [0.05, 0.1) is 40.8 Å². The van der Waals surface area contributed by atoms with Gasteiger partial charge in [-0.25, -0.2) is 4.79 Å². The smallest absolute Gasteiger partial charge is 0.338 e. The van der Waals surface area contributed by atoms with Crippen molar-refractivity contribution >= 4 is 17.9 Å². The van der Waals surface area contributed by atoms with E-state index >= 15 is 0 Å². The van der Waals surface area contributed by atoms with Gasteiger partial charge in [-0.3, -0.25) is 9.59 Å². The fourth-order valence-corrected chi connectivity index (χ4v) is 8.23. The van der Waals surface area contributed by atoms with Crippen molar-refractivity contribution in [3.63, 3.8) is 0 Å². The molecule has 5 rings (SSSR count). The van der Waals surface area contributed by atoms with Crippen LogP contribution in [-0.2, 0) is 28.5 Å². The Hall–Kier alpha value is -2.83. The van der Waals surface area contributed by atoms with E-state index in [0.717, 1.165) is 0 Å². The second kappa shape index (κ2) is 10.1. The Morgan fingerprint density at radius 1 is 0.976 bits per heavy atom. The van der Waals surface area contributed by atoms with Gasteiger partial charge >= 0.3 is 17.9 Å². The zero-order valence-electron chi connectivity index (χ0n) is 24.7. The summed E-state index contributed by atoms with van der Waals surface area (Å²) in [6.07, 6.45) is -8.11. The van der Waals surface area contributed by atoms with E-state index in [-0.39, 0.29) is 30.6 Å². The number of aliphatic hydroxyl groups is 4. The van der Waals surface area contributed by atoms with Crippen LogP contribution in [0.5, 0.6) is 0 Å². The van der Waals surface area contributed by atoms with Crippen molar-refractivity contribution in [2.75, 3.05) is 6.61 Å². The van der Waals surface area contributed by atoms with E-state index in [4.69, 9.17) is 18.9 Å². The number of carbonyl (C=O) groups is 3. The molecule has 0 aromatic heterocycles. The molecule has 10 atom stereocenters. The van der Waals surface area contributed by atoms with Crippen LogP contribution in [0.3, 0.4) is 0 Å². The molecule has 4 N–H and O–H groups in total. The summed E-state index contributed by atoms with van der Waals surface area (Å²) in [7, 11) is 0. The third-order valence-corrected chi connectivity index (χ3v) is 10.2. The molecule has 11 heteroatoms. The molecule has 1 aromatic rings. The summed E-state index contributed by atoms with van der Waals surface area (Å²) in [4.78, 5) is 38.8. The number of hydrogen-bond acceptors (Lipinski definition) is 11. The fraction of sp³-hybridized carbons (Fsp3) is 0.645. The number of ether oxygens (including phenoxy) is 4. The largest absolute Gasteiger partial charge is 0.462 e. The van der Waals surface area contributed by atoms with E-state index in [9.17, 15) is 34.8 Å². The molecule has 1 aliphatic heterocycles. The van der Waals surface area contributed by atoms with Crippen LogP contribution in [0.4, 0.5) is 0 Å². The van der Waals surface area contributed by atoms with E-state index in [1.165, 1.54) is 27.7 Å². The van der Waals surface area contributed by atoms with Gasteiger partial charge in [-0.15, -0.1) is 0 Å². The van der Waals surface area contributed by atoms with Crippen LogP contribution < -0.4 is 0 Å². The molecule has 0 radical (unpaired) electrons. The monoisotopic (exact) mass is 588 g/mol. The van der Waals surface area contributed by atoms with Crippen LogP contribution in [0.1, 0.15) is 64.7 Å². The highest BCUT2D eigenvalue weighted by atomic mass is 16.6. The predicted molar refractivity (Wildman–Crippen MR) is 146 cm³/mol. The van der Waals surface area contributed by atoms with Crippen molar-refractivity contribution < 1.29 is 53.8 Å². The Morgan fingerprint density at radius 2 is 1.57 bits per heavy atom. The molecule has 11 nitrogen and oxygen atoms in total. The van der Waals surface area contributed by atoms with Crippen molar-refractivity contribution in [3.05, 3.63) is 47.0 Å². The van der Waals surface area contributed by atoms with Gasteiger partial charge < -0.3 is 39.4 Å². The second-order valence-corrected chi connectivity index (χ2v) is 13.0. The standard InChI is InChI=1S/C31H40O11/c1-15-19(34)13-30(28(4,5)38)22(15)23(36)25(42-27(37)18-10-8-7-9-11-18)29(6)21(40-16(2)32)12-20(35)31(14-39-31)24(29)26(30)41-17(3)33/h7-11,19-21,23-26,34-36,38H,12-14H2,1-6H3/t19?,20?,21?,23?,24-,25?,26?,29+,30+,31-/m0/s1. The van der Waals surface area contributed by atoms with Crippen LogP contribution in [-0.4, -0.2) is 92.8 Å². The molecule has 2 saturated carbocycles. The van der Waals surface area contributed by atoms with Crippen LogP contribution in [0.15, 0.2) is 41.5 Å². The summed E-state index contributed by atoms with van der Waals surface area (Å²) >= 11 is 0. The van der Waals surface area contributed by atoms with Crippen molar-refractivity contribution in [1.82, 2.24) is 0 Å². The minimum Gasteiger partial charge on any atom is -0.462 e. The molecule has 3 fully saturated rings. The lowest BCUT2D eigenvalue weighted by Crippen LogP contribution is -2.69. The lowest BCUT2D eigenvalue weighted by atomic mass is 9.52. The molecule has 0 amide bonds. The number of fused-ring (bicyclic) bond motifs is 3. The number of aliphatic hydroxyl groups excluding tert-OH is 3. The number of esters is 3. The van der Waals surface area contributed by atoms with Gasteiger partial charge in [0.1, 0.15) is 30.0 Å². The summed E-state index contributed by atoms with van der Waals surface area (Å²) in [6, 6.07) is 8.16. The molecule has 42 heavy (non-hydrogen) atoms. The summed E-state index contributed by atoms with van der Waals surface area (Å²) in [5.41, 5.74) is -5.50. The minimum atomic E-state index is -1.73. The van der Waals surface area contributed by atoms with Crippen LogP contribution in [0.25, 0.3) is 0 Å². The molecular weight excluding hydrogens is 548 g/mol. The van der Waals surface area contributed by atoms with Crippen molar-refractivity contribution in [2.45, 2.75) is 102 Å². The van der Waals surface area contributed by atoms with Crippen molar-refractivity contribution in [2.24, 2.45) is 16.7 Å². The molecule has 230 valence electrons. The zero-order valence-corrected chi connectivity index (χ0v) is 24.7. The summed E-state index contributed by atoms with van der Waals surface area (Å²) in [5, 5.41) is 47.0. The summed E-state index contributed by atoms with van der Waals surface area (Å²) in [6.45, 7) is 8.72. The lowest BCUT2D eigenvalue weighted by Gasteiger charge is -2.57. The maximum atomic E-state index is 13.6. The molecule has 1 aromatic carbocycles. The van der Waals surface area contributed by atoms with Gasteiger partial charge in [0.15, 0.2) is 0 Å². The Balaban J connectivity index is 1.84. The Kier molecular flexibility index (Phi) is 7.38. The van der Waals surface area contributed by atoms with Crippen molar-refractivity contribution in [3.8, 4) is 0 Å². The predicted octanol–water partition coefficient (Wildman–Crippen LogP) is 1.44. The number of hydrogen-bond donors (Lipinski definition) is 4. The van der Waals surface area contributed by atoms with Crippen LogP contribution in [0.2, 0.25) is 0 Å². The average Bonchev–Trinajstić information content (AvgIpc) is 3.64. The summed E-state index contributed by atoms with van der Waals surface area (Å²) < 4.78 is 24.0. The number of rotatable bonds is 5. The zero-order chi connectivity index (χ0) is 31.0. The number of epoxide rings is 1. The first-order valence-electron chi connectivity index (χ1n) is 14.2. The first kappa shape index (κ1) is 30.6. The highest BCUT2D eigenvalue weighted by Gasteiger charge is 2.80. The Labute approximate surface area is 244 Å². The third kappa shape index (κ3) is 4.31. The highest BCUT2D eigenvalue weighted by Crippen LogP contribution is 2.68.